The number of nitrogens with zero attached hydrogens (tertiary/aromatic N) is 1. The minimum atomic E-state index is -0.630. The second kappa shape index (κ2) is 9.04. The first kappa shape index (κ1) is 19.5. The average molecular weight is 354 g/mol. The molecule has 5 nitrogen and oxygen atoms in total. The molecule has 2 aromatic carbocycles. The molecule has 2 aromatic rings. The molecule has 0 unspecified atom stereocenters. The summed E-state index contributed by atoms with van der Waals surface area (Å²) in [5, 5.41) is 2.81. The van der Waals surface area contributed by atoms with Crippen LogP contribution in [0.1, 0.15) is 36.7 Å². The van der Waals surface area contributed by atoms with Crippen molar-refractivity contribution in [3.63, 3.8) is 0 Å². The van der Waals surface area contributed by atoms with Crippen molar-refractivity contribution in [1.82, 2.24) is 4.90 Å². The highest BCUT2D eigenvalue weighted by atomic mass is 16.5. The number of amides is 2. The Morgan fingerprint density at radius 3 is 2.12 bits per heavy atom. The van der Waals surface area contributed by atoms with Crippen molar-refractivity contribution >= 4 is 17.5 Å². The monoisotopic (exact) mass is 354 g/mol. The zero-order chi connectivity index (χ0) is 19.1. The summed E-state index contributed by atoms with van der Waals surface area (Å²) in [5.41, 5.74) is 2.37. The maximum absolute atomic E-state index is 12.3. The first-order valence-corrected chi connectivity index (χ1v) is 8.88. The Morgan fingerprint density at radius 1 is 1.00 bits per heavy atom. The summed E-state index contributed by atoms with van der Waals surface area (Å²) in [4.78, 5) is 26.3. The van der Waals surface area contributed by atoms with E-state index in [0.717, 1.165) is 5.56 Å². The fourth-order valence-corrected chi connectivity index (χ4v) is 2.51. The van der Waals surface area contributed by atoms with Gasteiger partial charge in [0.25, 0.3) is 11.8 Å². The van der Waals surface area contributed by atoms with Crippen LogP contribution in [0.3, 0.4) is 0 Å². The lowest BCUT2D eigenvalue weighted by atomic mass is 10.1. The summed E-state index contributed by atoms with van der Waals surface area (Å²) < 4.78 is 5.65. The SMILES string of the molecule is CCN(CC)C(=O)c1ccc(NC(=O)[C@H](C)Oc2ccc(C)cc2)cc1. The van der Waals surface area contributed by atoms with Gasteiger partial charge >= 0.3 is 0 Å². The Bertz CT molecular complexity index is 735. The predicted octanol–water partition coefficient (Wildman–Crippen LogP) is 3.88. The first-order chi connectivity index (χ1) is 12.4. The van der Waals surface area contributed by atoms with E-state index in [1.807, 2.05) is 45.0 Å². The van der Waals surface area contributed by atoms with Gasteiger partial charge in [0, 0.05) is 24.3 Å². The fraction of sp³-hybridized carbons (Fsp3) is 0.333. The predicted molar refractivity (Wildman–Crippen MR) is 104 cm³/mol. The zero-order valence-electron chi connectivity index (χ0n) is 15.8. The van der Waals surface area contributed by atoms with E-state index in [4.69, 9.17) is 4.74 Å². The summed E-state index contributed by atoms with van der Waals surface area (Å²) in [6, 6.07) is 14.5. The standard InChI is InChI=1S/C21H26N2O3/c1-5-23(6-2)21(25)17-9-11-18(12-10-17)22-20(24)16(4)26-19-13-7-15(3)8-14-19/h7-14,16H,5-6H2,1-4H3,(H,22,24)/t16-/m0/s1. The molecule has 0 saturated carbocycles. The van der Waals surface area contributed by atoms with Crippen LogP contribution in [0.15, 0.2) is 48.5 Å². The number of aryl methyl sites for hydroxylation is 1. The van der Waals surface area contributed by atoms with Crippen molar-refractivity contribution in [3.05, 3.63) is 59.7 Å². The molecule has 0 spiro atoms. The average Bonchev–Trinajstić information content (AvgIpc) is 2.65. The Hall–Kier alpha value is -2.82. The lowest BCUT2D eigenvalue weighted by molar-refractivity contribution is -0.122. The molecule has 1 atom stereocenters. The number of rotatable bonds is 7. The van der Waals surface area contributed by atoms with Crippen LogP contribution in [0.2, 0.25) is 0 Å². The number of nitrogens with one attached hydrogen (secondary N) is 1. The van der Waals surface area contributed by atoms with Gasteiger partial charge in [-0.05, 0) is 64.1 Å². The van der Waals surface area contributed by atoms with E-state index in [1.54, 1.807) is 36.1 Å². The topological polar surface area (TPSA) is 58.6 Å². The zero-order valence-corrected chi connectivity index (χ0v) is 15.8. The highest BCUT2D eigenvalue weighted by molar-refractivity contribution is 5.96. The largest absolute Gasteiger partial charge is 0.481 e. The molecule has 138 valence electrons. The molecule has 5 heteroatoms. The van der Waals surface area contributed by atoms with Crippen LogP contribution in [-0.4, -0.2) is 35.9 Å². The third kappa shape index (κ3) is 5.09. The number of hydrogen-bond donors (Lipinski definition) is 1. The number of ether oxygens (including phenoxy) is 1. The molecular formula is C21H26N2O3. The summed E-state index contributed by atoms with van der Waals surface area (Å²) in [5.74, 6) is 0.399. The van der Waals surface area contributed by atoms with E-state index < -0.39 is 6.10 Å². The Labute approximate surface area is 155 Å². The van der Waals surface area contributed by atoms with Crippen molar-refractivity contribution in [1.29, 1.82) is 0 Å². The van der Waals surface area contributed by atoms with Crippen LogP contribution in [-0.2, 0) is 4.79 Å². The number of carbonyl (C=O) groups excluding carboxylic acids is 2. The molecule has 0 fully saturated rings. The van der Waals surface area contributed by atoms with E-state index in [9.17, 15) is 9.59 Å². The van der Waals surface area contributed by atoms with E-state index >= 15 is 0 Å². The van der Waals surface area contributed by atoms with Gasteiger partial charge in [0.2, 0.25) is 0 Å². The highest BCUT2D eigenvalue weighted by Crippen LogP contribution is 2.15. The second-order valence-corrected chi connectivity index (χ2v) is 6.12. The third-order valence-electron chi connectivity index (χ3n) is 4.15. The number of hydrogen-bond acceptors (Lipinski definition) is 3. The Morgan fingerprint density at radius 2 is 1.58 bits per heavy atom. The van der Waals surface area contributed by atoms with Crippen LogP contribution in [0.4, 0.5) is 5.69 Å². The number of anilines is 1. The molecule has 0 aliphatic rings. The van der Waals surface area contributed by atoms with Crippen molar-refractivity contribution < 1.29 is 14.3 Å². The molecule has 0 heterocycles. The van der Waals surface area contributed by atoms with Gasteiger partial charge in [-0.2, -0.15) is 0 Å². The number of benzene rings is 2. The van der Waals surface area contributed by atoms with E-state index in [2.05, 4.69) is 5.32 Å². The molecule has 0 radical (unpaired) electrons. The van der Waals surface area contributed by atoms with Crippen LogP contribution in [0.5, 0.6) is 5.75 Å². The first-order valence-electron chi connectivity index (χ1n) is 8.88. The minimum Gasteiger partial charge on any atom is -0.481 e. The summed E-state index contributed by atoms with van der Waals surface area (Å²) in [7, 11) is 0. The van der Waals surface area contributed by atoms with Gasteiger partial charge in [-0.3, -0.25) is 9.59 Å². The highest BCUT2D eigenvalue weighted by Gasteiger charge is 2.16. The second-order valence-electron chi connectivity index (χ2n) is 6.12. The van der Waals surface area contributed by atoms with E-state index in [1.165, 1.54) is 0 Å². The molecule has 0 bridgehead atoms. The molecule has 26 heavy (non-hydrogen) atoms. The summed E-state index contributed by atoms with van der Waals surface area (Å²) in [6.07, 6.45) is -0.630. The summed E-state index contributed by atoms with van der Waals surface area (Å²) >= 11 is 0. The van der Waals surface area contributed by atoms with Crippen LogP contribution in [0.25, 0.3) is 0 Å². The van der Waals surface area contributed by atoms with Crippen molar-refractivity contribution in [2.24, 2.45) is 0 Å². The van der Waals surface area contributed by atoms with Gasteiger partial charge in [0.15, 0.2) is 6.10 Å². The minimum absolute atomic E-state index is 0.0102. The Kier molecular flexibility index (Phi) is 6.78. The lowest BCUT2D eigenvalue weighted by Gasteiger charge is -2.19. The van der Waals surface area contributed by atoms with Crippen molar-refractivity contribution in [2.75, 3.05) is 18.4 Å². The third-order valence-corrected chi connectivity index (χ3v) is 4.15. The van der Waals surface area contributed by atoms with Gasteiger partial charge in [-0.1, -0.05) is 17.7 Å². The van der Waals surface area contributed by atoms with Crippen LogP contribution >= 0.6 is 0 Å². The normalized spacial score (nSPS) is 11.5. The van der Waals surface area contributed by atoms with Crippen molar-refractivity contribution in [3.8, 4) is 5.75 Å². The van der Waals surface area contributed by atoms with Crippen molar-refractivity contribution in [2.45, 2.75) is 33.8 Å². The van der Waals surface area contributed by atoms with Gasteiger partial charge < -0.3 is 15.0 Å². The van der Waals surface area contributed by atoms with E-state index in [0.29, 0.717) is 30.1 Å². The smallest absolute Gasteiger partial charge is 0.265 e. The molecule has 2 amide bonds. The van der Waals surface area contributed by atoms with Gasteiger partial charge in [-0.15, -0.1) is 0 Å². The Balaban J connectivity index is 1.96. The van der Waals surface area contributed by atoms with Crippen LogP contribution in [0, 0.1) is 6.92 Å². The fourth-order valence-electron chi connectivity index (χ4n) is 2.51. The molecule has 1 N–H and O–H groups in total. The van der Waals surface area contributed by atoms with Gasteiger partial charge in [-0.25, -0.2) is 0 Å². The van der Waals surface area contributed by atoms with E-state index in [-0.39, 0.29) is 11.8 Å². The molecule has 0 aliphatic carbocycles. The maximum Gasteiger partial charge on any atom is 0.265 e. The molecular weight excluding hydrogens is 328 g/mol. The van der Waals surface area contributed by atoms with Gasteiger partial charge in [0.05, 0.1) is 0 Å². The quantitative estimate of drug-likeness (QED) is 0.821. The lowest BCUT2D eigenvalue weighted by Crippen LogP contribution is -2.31. The maximum atomic E-state index is 12.3. The molecule has 2 rings (SSSR count). The number of carbonyl (C=O) groups is 2. The molecule has 0 saturated heterocycles. The van der Waals surface area contributed by atoms with Gasteiger partial charge in [0.1, 0.15) is 5.75 Å². The molecule has 0 aromatic heterocycles. The van der Waals surface area contributed by atoms with Crippen LogP contribution < -0.4 is 10.1 Å². The summed E-state index contributed by atoms with van der Waals surface area (Å²) in [6.45, 7) is 8.93. The molecule has 0 aliphatic heterocycles.